The zero-order chi connectivity index (χ0) is 9.80. The van der Waals surface area contributed by atoms with Crippen molar-refractivity contribution in [2.75, 3.05) is 0 Å². The van der Waals surface area contributed by atoms with Gasteiger partial charge in [-0.2, -0.15) is 0 Å². The van der Waals surface area contributed by atoms with Crippen LogP contribution in [0.3, 0.4) is 0 Å². The number of aromatic amines is 1. The lowest BCUT2D eigenvalue weighted by Crippen LogP contribution is -2.17. The minimum Gasteiger partial charge on any atom is -0.468 e. The highest BCUT2D eigenvalue weighted by Gasteiger charge is 2.06. The van der Waals surface area contributed by atoms with Gasteiger partial charge in [0.1, 0.15) is 5.76 Å². The van der Waals surface area contributed by atoms with Gasteiger partial charge in [0.2, 0.25) is 0 Å². The summed E-state index contributed by atoms with van der Waals surface area (Å²) in [5.41, 5.74) is 1.07. The Labute approximate surface area is 82.4 Å². The van der Waals surface area contributed by atoms with Crippen molar-refractivity contribution in [2.24, 2.45) is 0 Å². The normalized spacial score (nSPS) is 12.9. The summed E-state index contributed by atoms with van der Waals surface area (Å²) in [6, 6.07) is 4.07. The van der Waals surface area contributed by atoms with E-state index in [-0.39, 0.29) is 6.04 Å². The van der Waals surface area contributed by atoms with E-state index >= 15 is 0 Å². The van der Waals surface area contributed by atoms with E-state index in [1.165, 1.54) is 0 Å². The quantitative estimate of drug-likeness (QED) is 0.775. The maximum atomic E-state index is 5.28. The zero-order valence-electron chi connectivity index (χ0n) is 8.03. The average molecular weight is 191 g/mol. The molecule has 4 heteroatoms. The Morgan fingerprint density at radius 2 is 2.57 bits per heavy atom. The minimum atomic E-state index is 0.216. The van der Waals surface area contributed by atoms with Crippen LogP contribution in [0.2, 0.25) is 0 Å². The standard InChI is InChI=1S/C10H13N3O/c1-8(10-3-2-4-14-10)12-6-9-5-11-7-13-9/h2-5,7-8,12H,6H2,1H3,(H,11,13). The van der Waals surface area contributed by atoms with Crippen LogP contribution >= 0.6 is 0 Å². The number of H-pyrrole nitrogens is 1. The summed E-state index contributed by atoms with van der Waals surface area (Å²) in [6.07, 6.45) is 5.17. The first kappa shape index (κ1) is 9.02. The molecule has 0 saturated heterocycles. The molecule has 0 aliphatic rings. The smallest absolute Gasteiger partial charge is 0.120 e. The molecule has 2 heterocycles. The van der Waals surface area contributed by atoms with Crippen LogP contribution in [0.15, 0.2) is 35.3 Å². The predicted molar refractivity (Wildman–Crippen MR) is 52.6 cm³/mol. The number of furan rings is 1. The van der Waals surface area contributed by atoms with E-state index in [4.69, 9.17) is 4.42 Å². The third-order valence-electron chi connectivity index (χ3n) is 2.12. The van der Waals surface area contributed by atoms with Gasteiger partial charge < -0.3 is 14.7 Å². The molecule has 2 N–H and O–H groups in total. The van der Waals surface area contributed by atoms with Crippen molar-refractivity contribution in [2.45, 2.75) is 19.5 Å². The summed E-state index contributed by atoms with van der Waals surface area (Å²) in [7, 11) is 0. The third kappa shape index (κ3) is 2.03. The lowest BCUT2D eigenvalue weighted by atomic mass is 10.2. The third-order valence-corrected chi connectivity index (χ3v) is 2.12. The summed E-state index contributed by atoms with van der Waals surface area (Å²) >= 11 is 0. The molecule has 0 aromatic carbocycles. The highest BCUT2D eigenvalue weighted by molar-refractivity contribution is 5.04. The van der Waals surface area contributed by atoms with Gasteiger partial charge in [-0.05, 0) is 19.1 Å². The highest BCUT2D eigenvalue weighted by atomic mass is 16.3. The average Bonchev–Trinajstić information content (AvgIpc) is 2.87. The van der Waals surface area contributed by atoms with Crippen molar-refractivity contribution < 1.29 is 4.42 Å². The second-order valence-corrected chi connectivity index (χ2v) is 3.19. The molecule has 1 atom stereocenters. The number of imidazole rings is 1. The summed E-state index contributed by atoms with van der Waals surface area (Å²) in [6.45, 7) is 2.83. The second-order valence-electron chi connectivity index (χ2n) is 3.19. The lowest BCUT2D eigenvalue weighted by molar-refractivity contribution is 0.429. The van der Waals surface area contributed by atoms with Crippen LogP contribution in [-0.4, -0.2) is 9.97 Å². The number of hydrogen-bond donors (Lipinski definition) is 2. The molecular formula is C10H13N3O. The number of hydrogen-bond acceptors (Lipinski definition) is 3. The first-order valence-corrected chi connectivity index (χ1v) is 4.60. The van der Waals surface area contributed by atoms with Crippen LogP contribution in [0, 0.1) is 0 Å². The molecule has 0 aliphatic carbocycles. The molecule has 0 spiro atoms. The van der Waals surface area contributed by atoms with Crippen LogP contribution in [0.4, 0.5) is 0 Å². The predicted octanol–water partition coefficient (Wildman–Crippen LogP) is 1.85. The van der Waals surface area contributed by atoms with E-state index < -0.39 is 0 Å². The molecule has 0 fully saturated rings. The van der Waals surface area contributed by atoms with Gasteiger partial charge >= 0.3 is 0 Å². The fourth-order valence-corrected chi connectivity index (χ4v) is 1.28. The zero-order valence-corrected chi connectivity index (χ0v) is 8.03. The molecule has 0 radical (unpaired) electrons. The van der Waals surface area contributed by atoms with Gasteiger partial charge in [-0.25, -0.2) is 4.98 Å². The first-order chi connectivity index (χ1) is 6.86. The number of rotatable bonds is 4. The Balaban J connectivity index is 1.87. The van der Waals surface area contributed by atoms with Gasteiger partial charge in [0.05, 0.1) is 18.6 Å². The van der Waals surface area contributed by atoms with E-state index in [2.05, 4.69) is 22.2 Å². The number of aromatic nitrogens is 2. The van der Waals surface area contributed by atoms with Crippen LogP contribution in [-0.2, 0) is 6.54 Å². The van der Waals surface area contributed by atoms with Gasteiger partial charge in [0.25, 0.3) is 0 Å². The Kier molecular flexibility index (Phi) is 2.65. The molecule has 74 valence electrons. The molecular weight excluding hydrogens is 178 g/mol. The minimum absolute atomic E-state index is 0.216. The van der Waals surface area contributed by atoms with E-state index in [1.807, 2.05) is 18.3 Å². The molecule has 2 rings (SSSR count). The topological polar surface area (TPSA) is 53.9 Å². The van der Waals surface area contributed by atoms with Crippen LogP contribution in [0.1, 0.15) is 24.4 Å². The maximum Gasteiger partial charge on any atom is 0.120 e. The summed E-state index contributed by atoms with van der Waals surface area (Å²) in [5.74, 6) is 0.949. The molecule has 0 amide bonds. The van der Waals surface area contributed by atoms with Gasteiger partial charge in [-0.1, -0.05) is 0 Å². The molecule has 0 saturated carbocycles. The molecule has 2 aromatic rings. The van der Waals surface area contributed by atoms with E-state index in [1.54, 1.807) is 12.6 Å². The van der Waals surface area contributed by atoms with Crippen LogP contribution in [0.5, 0.6) is 0 Å². The first-order valence-electron chi connectivity index (χ1n) is 4.60. The lowest BCUT2D eigenvalue weighted by Gasteiger charge is -2.09. The SMILES string of the molecule is CC(NCc1cnc[nH]1)c1ccco1. The Bertz CT molecular complexity index is 353. The van der Waals surface area contributed by atoms with E-state index in [0.717, 1.165) is 18.0 Å². The van der Waals surface area contributed by atoms with Crippen molar-refractivity contribution in [3.05, 3.63) is 42.4 Å². The van der Waals surface area contributed by atoms with Crippen molar-refractivity contribution in [3.63, 3.8) is 0 Å². The molecule has 2 aromatic heterocycles. The maximum absolute atomic E-state index is 5.28. The molecule has 0 aliphatic heterocycles. The Morgan fingerprint density at radius 1 is 1.64 bits per heavy atom. The largest absolute Gasteiger partial charge is 0.468 e. The fraction of sp³-hybridized carbons (Fsp3) is 0.300. The Morgan fingerprint density at radius 3 is 3.21 bits per heavy atom. The van der Waals surface area contributed by atoms with Gasteiger partial charge in [-0.3, -0.25) is 0 Å². The monoisotopic (exact) mass is 191 g/mol. The second kappa shape index (κ2) is 4.11. The van der Waals surface area contributed by atoms with Crippen molar-refractivity contribution in [1.29, 1.82) is 0 Å². The van der Waals surface area contributed by atoms with Crippen molar-refractivity contribution >= 4 is 0 Å². The molecule has 1 unspecified atom stereocenters. The molecule has 0 bridgehead atoms. The summed E-state index contributed by atoms with van der Waals surface area (Å²) < 4.78 is 5.28. The summed E-state index contributed by atoms with van der Waals surface area (Å²) in [4.78, 5) is 6.98. The van der Waals surface area contributed by atoms with Crippen LogP contribution in [0.25, 0.3) is 0 Å². The number of nitrogens with one attached hydrogen (secondary N) is 2. The molecule has 4 nitrogen and oxygen atoms in total. The van der Waals surface area contributed by atoms with Crippen LogP contribution < -0.4 is 5.32 Å². The van der Waals surface area contributed by atoms with E-state index in [0.29, 0.717) is 0 Å². The summed E-state index contributed by atoms with van der Waals surface area (Å²) in [5, 5.41) is 3.32. The van der Waals surface area contributed by atoms with Crippen molar-refractivity contribution in [1.82, 2.24) is 15.3 Å². The van der Waals surface area contributed by atoms with E-state index in [9.17, 15) is 0 Å². The fourth-order valence-electron chi connectivity index (χ4n) is 1.28. The Hall–Kier alpha value is -1.55. The van der Waals surface area contributed by atoms with Gasteiger partial charge in [0, 0.05) is 18.4 Å². The number of nitrogens with zero attached hydrogens (tertiary/aromatic N) is 1. The van der Waals surface area contributed by atoms with Crippen molar-refractivity contribution in [3.8, 4) is 0 Å². The van der Waals surface area contributed by atoms with Gasteiger partial charge in [-0.15, -0.1) is 0 Å². The van der Waals surface area contributed by atoms with Gasteiger partial charge in [0.15, 0.2) is 0 Å². The highest BCUT2D eigenvalue weighted by Crippen LogP contribution is 2.12. The molecule has 14 heavy (non-hydrogen) atoms.